The van der Waals surface area contributed by atoms with Crippen molar-refractivity contribution >= 4 is 35.2 Å². The molecule has 0 aromatic heterocycles. The quantitative estimate of drug-likeness (QED) is 0.196. The number of aliphatic hydroxyl groups excluding tert-OH is 1. The molecule has 3 amide bonds. The van der Waals surface area contributed by atoms with Crippen molar-refractivity contribution in [3.8, 4) is 5.75 Å². The smallest absolute Gasteiger partial charge is 0.247 e. The SMILES string of the molecule is C=CCN(C(=O)[C@@H]1[C@@H]2CCC3(S2)C(C(=O)N(CC=C)C(C)(C)CC(C)(C)C)N(CCCCO)C(=O)[C@H]13)c1ccc(OCC)cc1. The Morgan fingerprint density at radius 1 is 1.09 bits per heavy atom. The third kappa shape index (κ3) is 6.85. The maximum Gasteiger partial charge on any atom is 0.247 e. The third-order valence-electron chi connectivity index (χ3n) is 9.43. The molecule has 3 fully saturated rings. The van der Waals surface area contributed by atoms with E-state index in [2.05, 4.69) is 47.8 Å². The number of hydrogen-bond donors (Lipinski definition) is 1. The Morgan fingerprint density at radius 3 is 2.33 bits per heavy atom. The van der Waals surface area contributed by atoms with Gasteiger partial charge in [-0.25, -0.2) is 0 Å². The first-order valence-corrected chi connectivity index (χ1v) is 17.3. The van der Waals surface area contributed by atoms with Crippen LogP contribution in [-0.4, -0.2) is 87.1 Å². The van der Waals surface area contributed by atoms with Crippen LogP contribution in [0.2, 0.25) is 0 Å². The van der Waals surface area contributed by atoms with E-state index in [0.717, 1.165) is 24.3 Å². The zero-order valence-electron chi connectivity index (χ0n) is 28.1. The molecule has 45 heavy (non-hydrogen) atoms. The number of carbonyl (C=O) groups is 3. The molecule has 1 spiro atoms. The van der Waals surface area contributed by atoms with Crippen molar-refractivity contribution in [1.29, 1.82) is 0 Å². The van der Waals surface area contributed by atoms with E-state index in [1.807, 2.05) is 36.1 Å². The van der Waals surface area contributed by atoms with Crippen LogP contribution in [0.25, 0.3) is 0 Å². The van der Waals surface area contributed by atoms with Crippen molar-refractivity contribution in [3.05, 3.63) is 49.6 Å². The Balaban J connectivity index is 1.74. The summed E-state index contributed by atoms with van der Waals surface area (Å²) < 4.78 is 4.92. The Hall–Kier alpha value is -2.78. The fourth-order valence-electron chi connectivity index (χ4n) is 8.17. The summed E-state index contributed by atoms with van der Waals surface area (Å²) >= 11 is 1.69. The van der Waals surface area contributed by atoms with Crippen LogP contribution in [0.5, 0.6) is 5.75 Å². The van der Waals surface area contributed by atoms with Crippen LogP contribution in [0.4, 0.5) is 5.69 Å². The largest absolute Gasteiger partial charge is 0.494 e. The minimum Gasteiger partial charge on any atom is -0.494 e. The molecule has 2 unspecified atom stereocenters. The summed E-state index contributed by atoms with van der Waals surface area (Å²) in [6, 6.07) is 6.77. The van der Waals surface area contributed by atoms with E-state index < -0.39 is 28.2 Å². The van der Waals surface area contributed by atoms with Crippen molar-refractivity contribution in [1.82, 2.24) is 9.80 Å². The van der Waals surface area contributed by atoms with Gasteiger partial charge in [0.2, 0.25) is 17.7 Å². The van der Waals surface area contributed by atoms with Gasteiger partial charge in [0.15, 0.2) is 0 Å². The monoisotopic (exact) mass is 639 g/mol. The second-order valence-corrected chi connectivity index (χ2v) is 16.1. The number of fused-ring (bicyclic) bond motifs is 1. The number of amides is 3. The van der Waals surface area contributed by atoms with Gasteiger partial charge in [-0.2, -0.15) is 0 Å². The van der Waals surface area contributed by atoms with Crippen molar-refractivity contribution < 1.29 is 24.2 Å². The van der Waals surface area contributed by atoms with Gasteiger partial charge < -0.3 is 24.5 Å². The van der Waals surface area contributed by atoms with Crippen LogP contribution < -0.4 is 9.64 Å². The molecule has 3 aliphatic heterocycles. The standard InChI is InChI=1S/C36H53N3O5S/c1-9-20-37(25-14-16-26(17-15-25)44-11-3)31(41)28-27-18-19-36(45-27)29(28)32(42)38(22-12-13-23-40)30(36)33(43)39(21-10-2)35(7,8)24-34(4,5)6/h9-10,14-17,27-30,40H,1-2,11-13,18-24H2,3-8H3/t27-,28+,29-,30?,36?/m0/s1. The molecule has 5 atom stereocenters. The molecular weight excluding hydrogens is 586 g/mol. The molecule has 0 saturated carbocycles. The summed E-state index contributed by atoms with van der Waals surface area (Å²) in [7, 11) is 0. The molecule has 1 N–H and O–H groups in total. The molecule has 248 valence electrons. The maximum absolute atomic E-state index is 14.9. The van der Waals surface area contributed by atoms with Crippen LogP contribution in [0.3, 0.4) is 0 Å². The summed E-state index contributed by atoms with van der Waals surface area (Å²) in [6.07, 6.45) is 6.86. The molecule has 8 nitrogen and oxygen atoms in total. The Morgan fingerprint density at radius 2 is 1.76 bits per heavy atom. The Kier molecular flexibility index (Phi) is 10.8. The normalized spacial score (nSPS) is 25.7. The summed E-state index contributed by atoms with van der Waals surface area (Å²) in [4.78, 5) is 49.4. The second-order valence-electron chi connectivity index (χ2n) is 14.5. The van der Waals surface area contributed by atoms with Crippen molar-refractivity contribution in [2.75, 3.05) is 37.7 Å². The van der Waals surface area contributed by atoms with E-state index in [-0.39, 0.29) is 35.0 Å². The number of hydrogen-bond acceptors (Lipinski definition) is 6. The van der Waals surface area contributed by atoms with Crippen LogP contribution in [-0.2, 0) is 14.4 Å². The van der Waals surface area contributed by atoms with E-state index in [0.29, 0.717) is 45.5 Å². The molecule has 0 aliphatic carbocycles. The van der Waals surface area contributed by atoms with Gasteiger partial charge in [-0.3, -0.25) is 14.4 Å². The molecule has 1 aromatic carbocycles. The summed E-state index contributed by atoms with van der Waals surface area (Å²) in [5.41, 5.74) is 0.219. The van der Waals surface area contributed by atoms with Crippen LogP contribution >= 0.6 is 11.8 Å². The van der Waals surface area contributed by atoms with E-state index in [1.165, 1.54) is 0 Å². The predicted octanol–water partition coefficient (Wildman–Crippen LogP) is 5.70. The average molecular weight is 640 g/mol. The van der Waals surface area contributed by atoms with Gasteiger partial charge in [-0.15, -0.1) is 24.9 Å². The minimum absolute atomic E-state index is 0.0208. The highest BCUT2D eigenvalue weighted by molar-refractivity contribution is 8.02. The van der Waals surface area contributed by atoms with Crippen LogP contribution in [0, 0.1) is 17.3 Å². The van der Waals surface area contributed by atoms with Gasteiger partial charge in [-0.1, -0.05) is 32.9 Å². The van der Waals surface area contributed by atoms with E-state index in [4.69, 9.17) is 4.74 Å². The zero-order valence-corrected chi connectivity index (χ0v) is 28.9. The predicted molar refractivity (Wildman–Crippen MR) is 182 cm³/mol. The number of anilines is 1. The van der Waals surface area contributed by atoms with Gasteiger partial charge in [-0.05, 0) is 82.6 Å². The highest BCUT2D eigenvalue weighted by Gasteiger charge is 2.74. The number of ether oxygens (including phenoxy) is 1. The number of unbranched alkanes of at least 4 members (excludes halogenated alkanes) is 1. The van der Waals surface area contributed by atoms with Crippen LogP contribution in [0.1, 0.15) is 73.6 Å². The molecule has 3 aliphatic rings. The van der Waals surface area contributed by atoms with Crippen molar-refractivity contribution in [2.24, 2.45) is 17.3 Å². The van der Waals surface area contributed by atoms with Crippen LogP contribution in [0.15, 0.2) is 49.6 Å². The fraction of sp³-hybridized carbons (Fsp3) is 0.639. The van der Waals surface area contributed by atoms with Gasteiger partial charge in [0.1, 0.15) is 11.8 Å². The minimum atomic E-state index is -0.686. The van der Waals surface area contributed by atoms with E-state index >= 15 is 0 Å². The number of carbonyl (C=O) groups excluding carboxylic acids is 3. The summed E-state index contributed by atoms with van der Waals surface area (Å²) in [5.74, 6) is -0.696. The molecule has 4 rings (SSSR count). The molecule has 2 bridgehead atoms. The van der Waals surface area contributed by atoms with E-state index in [9.17, 15) is 19.5 Å². The lowest BCUT2D eigenvalue weighted by Gasteiger charge is -2.46. The third-order valence-corrected chi connectivity index (χ3v) is 11.4. The van der Waals surface area contributed by atoms with Crippen molar-refractivity contribution in [3.63, 3.8) is 0 Å². The lowest BCUT2D eigenvalue weighted by atomic mass is 9.70. The second kappa shape index (κ2) is 13.9. The van der Waals surface area contributed by atoms with Gasteiger partial charge in [0, 0.05) is 42.7 Å². The molecule has 0 radical (unpaired) electrons. The molecule has 3 saturated heterocycles. The van der Waals surface area contributed by atoms with Crippen molar-refractivity contribution in [2.45, 2.75) is 95.2 Å². The maximum atomic E-state index is 14.9. The van der Waals surface area contributed by atoms with E-state index in [1.54, 1.807) is 33.7 Å². The summed E-state index contributed by atoms with van der Waals surface area (Å²) in [5, 5.41) is 9.49. The Bertz CT molecular complexity index is 1260. The van der Waals surface area contributed by atoms with Gasteiger partial charge in [0.25, 0.3) is 0 Å². The molecular formula is C36H53N3O5S. The molecule has 9 heteroatoms. The highest BCUT2D eigenvalue weighted by atomic mass is 32.2. The highest BCUT2D eigenvalue weighted by Crippen LogP contribution is 2.67. The zero-order chi connectivity index (χ0) is 33.2. The molecule has 3 heterocycles. The first-order chi connectivity index (χ1) is 21.3. The molecule has 1 aromatic rings. The number of aliphatic hydroxyl groups is 1. The number of thioether (sulfide) groups is 1. The number of rotatable bonds is 15. The van der Waals surface area contributed by atoms with Gasteiger partial charge >= 0.3 is 0 Å². The topological polar surface area (TPSA) is 90.4 Å². The fourth-order valence-corrected chi connectivity index (χ4v) is 10.4. The average Bonchev–Trinajstić information content (AvgIpc) is 3.61. The first kappa shape index (κ1) is 35.1. The Labute approximate surface area is 274 Å². The number of likely N-dealkylation sites (tertiary alicyclic amines) is 1. The van der Waals surface area contributed by atoms with Gasteiger partial charge in [0.05, 0.1) is 23.2 Å². The number of benzene rings is 1. The lowest BCUT2D eigenvalue weighted by Crippen LogP contribution is -2.60. The number of nitrogens with zero attached hydrogens (tertiary/aromatic N) is 3. The first-order valence-electron chi connectivity index (χ1n) is 16.4. The lowest BCUT2D eigenvalue weighted by molar-refractivity contribution is -0.146. The summed E-state index contributed by atoms with van der Waals surface area (Å²) in [6.45, 7) is 22.1.